The van der Waals surface area contributed by atoms with Gasteiger partial charge in [0.15, 0.2) is 0 Å². The van der Waals surface area contributed by atoms with Crippen LogP contribution in [0.25, 0.3) is 10.9 Å². The van der Waals surface area contributed by atoms with Crippen LogP contribution in [0.5, 0.6) is 0 Å². The molecule has 140 valence electrons. The van der Waals surface area contributed by atoms with Gasteiger partial charge in [-0.1, -0.05) is 22.0 Å². The number of benzene rings is 2. The lowest BCUT2D eigenvalue weighted by Gasteiger charge is -2.14. The molecule has 0 atom stereocenters. The molecular weight excluding hydrogens is 410 g/mol. The van der Waals surface area contributed by atoms with Gasteiger partial charge in [0.25, 0.3) is 5.56 Å². The average molecular weight is 430 g/mol. The molecule has 0 saturated carbocycles. The summed E-state index contributed by atoms with van der Waals surface area (Å²) in [6, 6.07) is 10.7. The highest BCUT2D eigenvalue weighted by molar-refractivity contribution is 9.10. The number of hydrogen-bond acceptors (Lipinski definition) is 3. The van der Waals surface area contributed by atoms with Gasteiger partial charge < -0.3 is 5.32 Å². The largest absolute Gasteiger partial charge is 0.331 e. The van der Waals surface area contributed by atoms with E-state index in [2.05, 4.69) is 21.2 Å². The number of fused-ring (bicyclic) bond motifs is 1. The summed E-state index contributed by atoms with van der Waals surface area (Å²) < 4.78 is 3.21. The van der Waals surface area contributed by atoms with Gasteiger partial charge in [0.1, 0.15) is 6.54 Å². The predicted molar refractivity (Wildman–Crippen MR) is 110 cm³/mol. The quantitative estimate of drug-likeness (QED) is 0.691. The van der Waals surface area contributed by atoms with Crippen LogP contribution in [0.1, 0.15) is 18.1 Å². The van der Waals surface area contributed by atoms with Crippen LogP contribution < -0.4 is 16.6 Å². The van der Waals surface area contributed by atoms with Crippen molar-refractivity contribution in [3.8, 4) is 0 Å². The fourth-order valence-electron chi connectivity index (χ4n) is 2.99. The van der Waals surface area contributed by atoms with Gasteiger partial charge in [0.2, 0.25) is 5.91 Å². The van der Waals surface area contributed by atoms with E-state index in [4.69, 9.17) is 0 Å². The van der Waals surface area contributed by atoms with Crippen LogP contribution in [0.2, 0.25) is 0 Å². The summed E-state index contributed by atoms with van der Waals surface area (Å²) in [5, 5.41) is 3.21. The predicted octanol–water partition coefficient (Wildman–Crippen LogP) is 3.20. The zero-order valence-corrected chi connectivity index (χ0v) is 17.0. The molecule has 2 aromatic carbocycles. The molecule has 1 N–H and O–H groups in total. The minimum Gasteiger partial charge on any atom is -0.325 e. The fraction of sp³-hybridized carbons (Fsp3) is 0.250. The highest BCUT2D eigenvalue weighted by Crippen LogP contribution is 2.17. The molecular formula is C20H20BrN3O3. The second-order valence-corrected chi connectivity index (χ2v) is 7.34. The van der Waals surface area contributed by atoms with Crippen molar-refractivity contribution in [3.63, 3.8) is 0 Å². The van der Waals surface area contributed by atoms with Gasteiger partial charge in [0.05, 0.1) is 10.9 Å². The van der Waals surface area contributed by atoms with Crippen molar-refractivity contribution in [2.75, 3.05) is 5.32 Å². The molecule has 0 aliphatic rings. The van der Waals surface area contributed by atoms with Crippen LogP contribution in [0.4, 0.5) is 5.69 Å². The molecule has 0 bridgehead atoms. The first kappa shape index (κ1) is 19.1. The number of rotatable bonds is 4. The van der Waals surface area contributed by atoms with Crippen LogP contribution in [0.3, 0.4) is 0 Å². The summed E-state index contributed by atoms with van der Waals surface area (Å²) in [5.41, 5.74) is 2.47. The van der Waals surface area contributed by atoms with Gasteiger partial charge in [-0.25, -0.2) is 4.79 Å². The van der Waals surface area contributed by atoms with Crippen LogP contribution in [-0.4, -0.2) is 15.0 Å². The normalized spacial score (nSPS) is 11.0. The fourth-order valence-corrected chi connectivity index (χ4v) is 3.35. The molecule has 6 nitrogen and oxygen atoms in total. The van der Waals surface area contributed by atoms with Gasteiger partial charge in [0, 0.05) is 16.7 Å². The molecule has 0 saturated heterocycles. The zero-order valence-electron chi connectivity index (χ0n) is 15.4. The first-order valence-electron chi connectivity index (χ1n) is 8.61. The minimum absolute atomic E-state index is 0.176. The third-order valence-corrected chi connectivity index (χ3v) is 5.09. The molecule has 0 spiro atoms. The number of halogens is 1. The van der Waals surface area contributed by atoms with Gasteiger partial charge in [-0.2, -0.15) is 0 Å². The molecule has 0 aliphatic heterocycles. The maximum Gasteiger partial charge on any atom is 0.331 e. The summed E-state index contributed by atoms with van der Waals surface area (Å²) in [6.45, 7) is 5.76. The Balaban J connectivity index is 2.03. The molecule has 1 heterocycles. The number of nitrogens with zero attached hydrogens (tertiary/aromatic N) is 2. The second-order valence-electron chi connectivity index (χ2n) is 6.43. The lowest BCUT2D eigenvalue weighted by atomic mass is 10.1. The highest BCUT2D eigenvalue weighted by atomic mass is 79.9. The summed E-state index contributed by atoms with van der Waals surface area (Å²) in [6.07, 6.45) is 0. The number of carbonyl (C=O) groups excluding carboxylic acids is 1. The molecule has 1 amide bonds. The van der Waals surface area contributed by atoms with Crippen LogP contribution in [0, 0.1) is 13.8 Å². The summed E-state index contributed by atoms with van der Waals surface area (Å²) in [4.78, 5) is 37.9. The maximum atomic E-state index is 12.7. The Morgan fingerprint density at radius 2 is 1.78 bits per heavy atom. The van der Waals surface area contributed by atoms with Gasteiger partial charge in [-0.3, -0.25) is 18.7 Å². The van der Waals surface area contributed by atoms with Crippen molar-refractivity contribution in [2.24, 2.45) is 0 Å². The Morgan fingerprint density at radius 3 is 2.44 bits per heavy atom. The molecule has 1 aromatic heterocycles. The Labute approximate surface area is 164 Å². The van der Waals surface area contributed by atoms with E-state index in [1.54, 1.807) is 25.1 Å². The first-order valence-corrected chi connectivity index (χ1v) is 9.41. The third kappa shape index (κ3) is 3.73. The van der Waals surface area contributed by atoms with Crippen LogP contribution in [0.15, 0.2) is 50.5 Å². The first-order chi connectivity index (χ1) is 12.8. The lowest BCUT2D eigenvalue weighted by molar-refractivity contribution is -0.116. The van der Waals surface area contributed by atoms with Crippen LogP contribution in [-0.2, 0) is 17.9 Å². The number of carbonyl (C=O) groups is 1. The topological polar surface area (TPSA) is 73.1 Å². The van der Waals surface area contributed by atoms with Gasteiger partial charge in [-0.05, 0) is 62.2 Å². The number of amides is 1. The Morgan fingerprint density at radius 1 is 1.04 bits per heavy atom. The van der Waals surface area contributed by atoms with E-state index in [1.807, 2.05) is 32.0 Å². The Bertz CT molecular complexity index is 1160. The lowest BCUT2D eigenvalue weighted by Crippen LogP contribution is -2.41. The Hall–Kier alpha value is -2.67. The van der Waals surface area contributed by atoms with E-state index in [1.165, 1.54) is 4.57 Å². The molecule has 0 unspecified atom stereocenters. The SMILES string of the molecule is CCn1c(=O)c2cc(Br)ccc2n(CC(=O)Nc2ccc(C)c(C)c2)c1=O. The van der Waals surface area contributed by atoms with Gasteiger partial charge in [-0.15, -0.1) is 0 Å². The zero-order chi connectivity index (χ0) is 19.7. The van der Waals surface area contributed by atoms with E-state index in [0.717, 1.165) is 20.2 Å². The van der Waals surface area contributed by atoms with E-state index in [-0.39, 0.29) is 24.6 Å². The monoisotopic (exact) mass is 429 g/mol. The van der Waals surface area contributed by atoms with Gasteiger partial charge >= 0.3 is 5.69 Å². The van der Waals surface area contributed by atoms with Crippen LogP contribution >= 0.6 is 15.9 Å². The van der Waals surface area contributed by atoms with E-state index < -0.39 is 5.69 Å². The third-order valence-electron chi connectivity index (χ3n) is 4.60. The second kappa shape index (κ2) is 7.52. The van der Waals surface area contributed by atoms with Crippen molar-refractivity contribution in [1.82, 2.24) is 9.13 Å². The molecule has 0 aliphatic carbocycles. The summed E-state index contributed by atoms with van der Waals surface area (Å²) >= 11 is 3.35. The summed E-state index contributed by atoms with van der Waals surface area (Å²) in [7, 11) is 0. The molecule has 3 aromatic rings. The molecule has 7 heteroatoms. The average Bonchev–Trinajstić information content (AvgIpc) is 2.62. The number of aryl methyl sites for hydroxylation is 2. The molecule has 27 heavy (non-hydrogen) atoms. The minimum atomic E-state index is -0.493. The highest BCUT2D eigenvalue weighted by Gasteiger charge is 2.15. The molecule has 0 radical (unpaired) electrons. The van der Waals surface area contributed by atoms with E-state index in [9.17, 15) is 14.4 Å². The van der Waals surface area contributed by atoms with Crippen molar-refractivity contribution in [2.45, 2.75) is 33.9 Å². The molecule has 0 fully saturated rings. The number of aromatic nitrogens is 2. The smallest absolute Gasteiger partial charge is 0.325 e. The molecule has 3 rings (SSSR count). The Kier molecular flexibility index (Phi) is 5.32. The van der Waals surface area contributed by atoms with Crippen molar-refractivity contribution in [1.29, 1.82) is 0 Å². The summed E-state index contributed by atoms with van der Waals surface area (Å²) in [5.74, 6) is -0.328. The van der Waals surface area contributed by atoms with Crippen molar-refractivity contribution < 1.29 is 4.79 Å². The van der Waals surface area contributed by atoms with Crippen molar-refractivity contribution >= 4 is 38.4 Å². The number of hydrogen-bond donors (Lipinski definition) is 1. The standard InChI is InChI=1S/C20H20BrN3O3/c1-4-23-19(26)16-10-14(21)6-8-17(16)24(20(23)27)11-18(25)22-15-7-5-12(2)13(3)9-15/h5-10H,4,11H2,1-3H3,(H,22,25). The number of anilines is 1. The van der Waals surface area contributed by atoms with E-state index in [0.29, 0.717) is 16.6 Å². The maximum absolute atomic E-state index is 12.7. The van der Waals surface area contributed by atoms with E-state index >= 15 is 0 Å². The number of nitrogens with one attached hydrogen (secondary N) is 1. The van der Waals surface area contributed by atoms with Crippen molar-refractivity contribution in [3.05, 3.63) is 72.8 Å².